The van der Waals surface area contributed by atoms with Gasteiger partial charge in [-0.05, 0) is 48.2 Å². The van der Waals surface area contributed by atoms with Crippen LogP contribution in [0.3, 0.4) is 0 Å². The summed E-state index contributed by atoms with van der Waals surface area (Å²) in [4.78, 5) is 0. The lowest BCUT2D eigenvalue weighted by Gasteiger charge is -2.27. The summed E-state index contributed by atoms with van der Waals surface area (Å²) in [6, 6.07) is 14.1. The second-order valence-corrected chi connectivity index (χ2v) is 8.95. The molecule has 0 saturated carbocycles. The molecule has 0 bridgehead atoms. The summed E-state index contributed by atoms with van der Waals surface area (Å²) in [6.07, 6.45) is 0.753. The molecular weight excluding hydrogens is 428 g/mol. The van der Waals surface area contributed by atoms with Crippen molar-refractivity contribution < 1.29 is 24.4 Å². The molecule has 2 aromatic carbocycles. The lowest BCUT2D eigenvalue weighted by Crippen LogP contribution is -2.24. The third-order valence-corrected chi connectivity index (χ3v) is 5.83. The minimum Gasteiger partial charge on any atom is -0.491 e. The molecule has 0 amide bonds. The zero-order valence-electron chi connectivity index (χ0n) is 19.6. The molecule has 2 rings (SSSR count). The minimum atomic E-state index is -0.678. The Morgan fingerprint density at radius 3 is 2.19 bits per heavy atom. The van der Waals surface area contributed by atoms with Crippen LogP contribution in [0.5, 0.6) is 11.5 Å². The third kappa shape index (κ3) is 7.96. The van der Waals surface area contributed by atoms with Crippen molar-refractivity contribution in [3.8, 4) is 11.5 Å². The van der Waals surface area contributed by atoms with Crippen LogP contribution in [0.4, 0.5) is 0 Å². The van der Waals surface area contributed by atoms with Gasteiger partial charge in [0.25, 0.3) is 0 Å². The first-order valence-electron chi connectivity index (χ1n) is 11.2. The summed E-state index contributed by atoms with van der Waals surface area (Å²) in [6.45, 7) is 9.78. The van der Waals surface area contributed by atoms with E-state index in [0.29, 0.717) is 6.61 Å². The van der Waals surface area contributed by atoms with Gasteiger partial charge in [0, 0.05) is 12.0 Å². The predicted molar refractivity (Wildman–Crippen MR) is 129 cm³/mol. The Labute approximate surface area is 197 Å². The van der Waals surface area contributed by atoms with E-state index in [4.69, 9.17) is 25.8 Å². The van der Waals surface area contributed by atoms with Crippen LogP contribution in [-0.2, 0) is 10.2 Å². The van der Waals surface area contributed by atoms with Gasteiger partial charge in [0.05, 0.1) is 12.5 Å². The van der Waals surface area contributed by atoms with Crippen LogP contribution in [0.2, 0.25) is 0 Å². The number of unbranched alkanes of at least 4 members (excludes halogenated alkanes) is 1. The Kier molecular flexibility index (Phi) is 10.8. The molecule has 6 heteroatoms. The van der Waals surface area contributed by atoms with E-state index >= 15 is 0 Å². The number of hydrogen-bond acceptors (Lipinski definition) is 5. The van der Waals surface area contributed by atoms with Crippen molar-refractivity contribution in [3.05, 3.63) is 59.2 Å². The quantitative estimate of drug-likeness (QED) is 0.309. The summed E-state index contributed by atoms with van der Waals surface area (Å²) in [5, 5.41) is 19.6. The highest BCUT2D eigenvalue weighted by molar-refractivity contribution is 6.18. The molecule has 0 aliphatic heterocycles. The first kappa shape index (κ1) is 26.5. The Bertz CT molecular complexity index is 806. The molecular formula is C26H37ClO5. The van der Waals surface area contributed by atoms with Crippen molar-refractivity contribution in [1.29, 1.82) is 0 Å². The average molecular weight is 465 g/mol. The van der Waals surface area contributed by atoms with Crippen LogP contribution < -0.4 is 9.47 Å². The highest BCUT2D eigenvalue weighted by atomic mass is 35.5. The molecule has 0 spiro atoms. The van der Waals surface area contributed by atoms with Crippen molar-refractivity contribution in [2.75, 3.05) is 32.3 Å². The molecule has 2 N–H and O–H groups in total. The van der Waals surface area contributed by atoms with Gasteiger partial charge >= 0.3 is 0 Å². The van der Waals surface area contributed by atoms with Crippen molar-refractivity contribution >= 4 is 11.6 Å². The van der Waals surface area contributed by atoms with Crippen LogP contribution in [0.15, 0.2) is 42.5 Å². The van der Waals surface area contributed by atoms with Crippen molar-refractivity contribution in [2.45, 2.75) is 58.2 Å². The van der Waals surface area contributed by atoms with E-state index in [-0.39, 0.29) is 31.1 Å². The van der Waals surface area contributed by atoms with Gasteiger partial charge in [-0.3, -0.25) is 0 Å². The van der Waals surface area contributed by atoms with Crippen LogP contribution in [0.25, 0.3) is 0 Å². The Morgan fingerprint density at radius 1 is 0.906 bits per heavy atom. The SMILES string of the molecule is CCCCOC[C@H](O)COc1ccc(C(C)(C)c2ccc(OC[C@@H](O)CCl)c(C)c2)cc1. The molecule has 0 saturated heterocycles. The van der Waals surface area contributed by atoms with Gasteiger partial charge in [-0.1, -0.05) is 51.5 Å². The Hall–Kier alpha value is -1.79. The number of aryl methyl sites for hydroxylation is 1. The largest absolute Gasteiger partial charge is 0.491 e. The minimum absolute atomic E-state index is 0.148. The zero-order valence-corrected chi connectivity index (χ0v) is 20.4. The molecule has 2 aromatic rings. The number of ether oxygens (including phenoxy) is 3. The summed E-state index contributed by atoms with van der Waals surface area (Å²) < 4.78 is 16.8. The summed E-state index contributed by atoms with van der Waals surface area (Å²) in [7, 11) is 0. The standard InChI is InChI=1S/C26H37ClO5/c1-5-6-13-30-16-23(29)18-31-24-10-7-20(8-11-24)26(3,4)21-9-12-25(19(2)14-21)32-17-22(28)15-27/h7-12,14,22-23,28-29H,5-6,13,15-18H2,1-4H3/t22-,23-/m0/s1. The van der Waals surface area contributed by atoms with Crippen molar-refractivity contribution in [2.24, 2.45) is 0 Å². The van der Waals surface area contributed by atoms with E-state index in [1.165, 1.54) is 0 Å². The van der Waals surface area contributed by atoms with Crippen molar-refractivity contribution in [1.82, 2.24) is 0 Å². The number of aliphatic hydroxyl groups excluding tert-OH is 2. The Morgan fingerprint density at radius 2 is 1.56 bits per heavy atom. The number of rotatable bonds is 14. The van der Waals surface area contributed by atoms with Gasteiger partial charge in [0.2, 0.25) is 0 Å². The normalized spacial score (nSPS) is 13.6. The third-order valence-electron chi connectivity index (χ3n) is 5.48. The van der Waals surface area contributed by atoms with Gasteiger partial charge in [0.1, 0.15) is 36.9 Å². The molecule has 0 aromatic heterocycles. The second-order valence-electron chi connectivity index (χ2n) is 8.64. The number of benzene rings is 2. The maximum atomic E-state index is 9.99. The fourth-order valence-electron chi connectivity index (χ4n) is 3.27. The fourth-order valence-corrected chi connectivity index (χ4v) is 3.36. The maximum Gasteiger partial charge on any atom is 0.122 e. The highest BCUT2D eigenvalue weighted by Gasteiger charge is 2.24. The molecule has 0 aliphatic rings. The van der Waals surface area contributed by atoms with Gasteiger partial charge in [0.15, 0.2) is 0 Å². The highest BCUT2D eigenvalue weighted by Crippen LogP contribution is 2.34. The molecule has 0 heterocycles. The molecule has 0 aliphatic carbocycles. The van der Waals surface area contributed by atoms with Crippen LogP contribution >= 0.6 is 11.6 Å². The van der Waals surface area contributed by atoms with E-state index < -0.39 is 12.2 Å². The topological polar surface area (TPSA) is 68.2 Å². The van der Waals surface area contributed by atoms with E-state index in [1.807, 2.05) is 25.1 Å². The van der Waals surface area contributed by atoms with Crippen LogP contribution in [0, 0.1) is 6.92 Å². The zero-order chi connectivity index (χ0) is 23.6. The van der Waals surface area contributed by atoms with E-state index in [2.05, 4.69) is 45.0 Å². The fraction of sp³-hybridized carbons (Fsp3) is 0.538. The number of alkyl halides is 1. The first-order chi connectivity index (χ1) is 15.3. The molecule has 5 nitrogen and oxygen atoms in total. The second kappa shape index (κ2) is 13.0. The summed E-state index contributed by atoms with van der Waals surface area (Å²) in [5.74, 6) is 1.61. The van der Waals surface area contributed by atoms with Crippen molar-refractivity contribution in [3.63, 3.8) is 0 Å². The number of aliphatic hydroxyl groups is 2. The first-order valence-corrected chi connectivity index (χ1v) is 11.8. The van der Waals surface area contributed by atoms with Crippen LogP contribution in [-0.4, -0.2) is 54.7 Å². The van der Waals surface area contributed by atoms with Gasteiger partial charge in [-0.2, -0.15) is 0 Å². The Balaban J connectivity index is 1.96. The molecule has 2 atom stereocenters. The van der Waals surface area contributed by atoms with E-state index in [1.54, 1.807) is 0 Å². The average Bonchev–Trinajstić information content (AvgIpc) is 2.79. The molecule has 32 heavy (non-hydrogen) atoms. The van der Waals surface area contributed by atoms with Gasteiger partial charge < -0.3 is 24.4 Å². The number of hydrogen-bond donors (Lipinski definition) is 2. The predicted octanol–water partition coefficient (Wildman–Crippen LogP) is 4.86. The van der Waals surface area contributed by atoms with Gasteiger partial charge in [-0.15, -0.1) is 11.6 Å². The monoisotopic (exact) mass is 464 g/mol. The lowest BCUT2D eigenvalue weighted by atomic mass is 9.77. The lowest BCUT2D eigenvalue weighted by molar-refractivity contribution is 0.0113. The number of halogens is 1. The van der Waals surface area contributed by atoms with Gasteiger partial charge in [-0.25, -0.2) is 0 Å². The summed E-state index contributed by atoms with van der Waals surface area (Å²) >= 11 is 5.63. The summed E-state index contributed by atoms with van der Waals surface area (Å²) in [5.41, 5.74) is 3.10. The maximum absolute atomic E-state index is 9.99. The molecule has 0 fully saturated rings. The molecule has 178 valence electrons. The smallest absolute Gasteiger partial charge is 0.122 e. The molecule has 0 unspecified atom stereocenters. The van der Waals surface area contributed by atoms with E-state index in [9.17, 15) is 10.2 Å². The van der Waals surface area contributed by atoms with Crippen LogP contribution in [0.1, 0.15) is 50.3 Å². The van der Waals surface area contributed by atoms with E-state index in [0.717, 1.165) is 41.0 Å². The molecule has 0 radical (unpaired) electrons.